The highest BCUT2D eigenvalue weighted by atomic mass is 16.5. The SMILES string of the molecule is CCCCCOc1ccc(C(N)=O)cc1N. The number of amides is 1. The van der Waals surface area contributed by atoms with Gasteiger partial charge in [0.2, 0.25) is 5.91 Å². The van der Waals surface area contributed by atoms with Crippen LogP contribution in [0.2, 0.25) is 0 Å². The van der Waals surface area contributed by atoms with Gasteiger partial charge in [-0.05, 0) is 24.6 Å². The van der Waals surface area contributed by atoms with Crippen LogP contribution >= 0.6 is 0 Å². The molecule has 1 amide bonds. The van der Waals surface area contributed by atoms with Crippen LogP contribution in [-0.4, -0.2) is 12.5 Å². The third kappa shape index (κ3) is 3.46. The van der Waals surface area contributed by atoms with Gasteiger partial charge in [0.1, 0.15) is 5.75 Å². The van der Waals surface area contributed by atoms with Crippen molar-refractivity contribution in [3.05, 3.63) is 23.8 Å². The number of carbonyl (C=O) groups is 1. The zero-order chi connectivity index (χ0) is 12.0. The van der Waals surface area contributed by atoms with Gasteiger partial charge in [-0.2, -0.15) is 0 Å². The predicted octanol–water partition coefficient (Wildman–Crippen LogP) is 1.94. The molecule has 1 rings (SSSR count). The molecule has 0 unspecified atom stereocenters. The average Bonchev–Trinajstić information content (AvgIpc) is 2.26. The first-order valence-electron chi connectivity index (χ1n) is 5.47. The zero-order valence-electron chi connectivity index (χ0n) is 9.53. The molecule has 4 N–H and O–H groups in total. The maximum absolute atomic E-state index is 10.9. The zero-order valence-corrected chi connectivity index (χ0v) is 9.53. The summed E-state index contributed by atoms with van der Waals surface area (Å²) in [7, 11) is 0. The highest BCUT2D eigenvalue weighted by Crippen LogP contribution is 2.22. The molecule has 0 aliphatic rings. The fourth-order valence-electron chi connectivity index (χ4n) is 1.37. The van der Waals surface area contributed by atoms with Gasteiger partial charge in [0, 0.05) is 5.56 Å². The predicted molar refractivity (Wildman–Crippen MR) is 64.4 cm³/mol. The Labute approximate surface area is 95.6 Å². The van der Waals surface area contributed by atoms with Gasteiger partial charge in [-0.15, -0.1) is 0 Å². The highest BCUT2D eigenvalue weighted by Gasteiger charge is 2.05. The van der Waals surface area contributed by atoms with E-state index in [0.29, 0.717) is 23.6 Å². The number of hydrogen-bond donors (Lipinski definition) is 2. The van der Waals surface area contributed by atoms with Crippen molar-refractivity contribution in [2.45, 2.75) is 26.2 Å². The highest BCUT2D eigenvalue weighted by molar-refractivity contribution is 5.94. The van der Waals surface area contributed by atoms with Crippen molar-refractivity contribution < 1.29 is 9.53 Å². The molecule has 16 heavy (non-hydrogen) atoms. The van der Waals surface area contributed by atoms with Crippen LogP contribution < -0.4 is 16.2 Å². The summed E-state index contributed by atoms with van der Waals surface area (Å²) in [4.78, 5) is 10.9. The second kappa shape index (κ2) is 6.00. The Bertz CT molecular complexity index is 364. The Morgan fingerprint density at radius 1 is 1.38 bits per heavy atom. The first-order valence-corrected chi connectivity index (χ1v) is 5.47. The van der Waals surface area contributed by atoms with E-state index in [2.05, 4.69) is 6.92 Å². The van der Waals surface area contributed by atoms with Crippen molar-refractivity contribution in [2.24, 2.45) is 5.73 Å². The molecule has 0 atom stereocenters. The van der Waals surface area contributed by atoms with E-state index in [0.717, 1.165) is 19.3 Å². The summed E-state index contributed by atoms with van der Waals surface area (Å²) in [6, 6.07) is 4.84. The summed E-state index contributed by atoms with van der Waals surface area (Å²) in [6.07, 6.45) is 3.30. The van der Waals surface area contributed by atoms with E-state index in [1.807, 2.05) is 0 Å². The molecule has 0 aliphatic carbocycles. The average molecular weight is 222 g/mol. The first-order chi connectivity index (χ1) is 7.65. The van der Waals surface area contributed by atoms with Crippen LogP contribution in [0.5, 0.6) is 5.75 Å². The summed E-state index contributed by atoms with van der Waals surface area (Å²) in [5.74, 6) is 0.130. The normalized spacial score (nSPS) is 10.1. The number of anilines is 1. The van der Waals surface area contributed by atoms with Crippen LogP contribution in [0.25, 0.3) is 0 Å². The Kier molecular flexibility index (Phi) is 4.64. The smallest absolute Gasteiger partial charge is 0.248 e. The molecule has 0 fully saturated rings. The lowest BCUT2D eigenvalue weighted by Crippen LogP contribution is -2.11. The van der Waals surface area contributed by atoms with Crippen LogP contribution in [0.1, 0.15) is 36.5 Å². The summed E-state index contributed by atoms with van der Waals surface area (Å²) in [6.45, 7) is 2.78. The maximum atomic E-state index is 10.9. The molecule has 1 aromatic rings. The van der Waals surface area contributed by atoms with E-state index in [1.54, 1.807) is 12.1 Å². The topological polar surface area (TPSA) is 78.3 Å². The minimum absolute atomic E-state index is 0.401. The molecule has 0 aromatic heterocycles. The molecular weight excluding hydrogens is 204 g/mol. The monoisotopic (exact) mass is 222 g/mol. The van der Waals surface area contributed by atoms with Crippen LogP contribution in [0.3, 0.4) is 0 Å². The largest absolute Gasteiger partial charge is 0.491 e. The third-order valence-electron chi connectivity index (χ3n) is 2.30. The van der Waals surface area contributed by atoms with Crippen molar-refractivity contribution in [3.63, 3.8) is 0 Å². The molecule has 0 saturated heterocycles. The van der Waals surface area contributed by atoms with Gasteiger partial charge < -0.3 is 16.2 Å². The number of ether oxygens (including phenoxy) is 1. The van der Waals surface area contributed by atoms with E-state index in [9.17, 15) is 4.79 Å². The molecule has 4 nitrogen and oxygen atoms in total. The van der Waals surface area contributed by atoms with Crippen LogP contribution in [0.15, 0.2) is 18.2 Å². The first kappa shape index (κ1) is 12.4. The van der Waals surface area contributed by atoms with E-state index < -0.39 is 5.91 Å². The molecule has 0 spiro atoms. The minimum atomic E-state index is -0.482. The van der Waals surface area contributed by atoms with Gasteiger partial charge in [-0.25, -0.2) is 0 Å². The molecule has 0 aliphatic heterocycles. The number of nitrogens with two attached hydrogens (primary N) is 2. The van der Waals surface area contributed by atoms with Crippen molar-refractivity contribution >= 4 is 11.6 Å². The van der Waals surface area contributed by atoms with E-state index in [4.69, 9.17) is 16.2 Å². The summed E-state index contributed by atoms with van der Waals surface area (Å²) in [5, 5.41) is 0. The van der Waals surface area contributed by atoms with Crippen LogP contribution in [0.4, 0.5) is 5.69 Å². The fraction of sp³-hybridized carbons (Fsp3) is 0.417. The Morgan fingerprint density at radius 3 is 2.69 bits per heavy atom. The van der Waals surface area contributed by atoms with E-state index in [1.165, 1.54) is 6.07 Å². The Morgan fingerprint density at radius 2 is 2.12 bits per heavy atom. The summed E-state index contributed by atoms with van der Waals surface area (Å²) < 4.78 is 5.50. The molecule has 4 heteroatoms. The van der Waals surface area contributed by atoms with Crippen LogP contribution in [-0.2, 0) is 0 Å². The van der Waals surface area contributed by atoms with Gasteiger partial charge in [0.25, 0.3) is 0 Å². The van der Waals surface area contributed by atoms with Crippen molar-refractivity contribution in [1.82, 2.24) is 0 Å². The van der Waals surface area contributed by atoms with Gasteiger partial charge >= 0.3 is 0 Å². The molecule has 0 saturated carbocycles. The number of benzene rings is 1. The molecule has 88 valence electrons. The second-order valence-corrected chi connectivity index (χ2v) is 3.67. The Balaban J connectivity index is 2.57. The number of carbonyl (C=O) groups excluding carboxylic acids is 1. The standard InChI is InChI=1S/C12H18N2O2/c1-2-3-4-7-16-11-6-5-9(12(14)15)8-10(11)13/h5-6,8H,2-4,7,13H2,1H3,(H2,14,15). The lowest BCUT2D eigenvalue weighted by atomic mass is 10.2. The lowest BCUT2D eigenvalue weighted by Gasteiger charge is -2.09. The van der Waals surface area contributed by atoms with Crippen LogP contribution in [0, 0.1) is 0 Å². The van der Waals surface area contributed by atoms with Crippen molar-refractivity contribution in [2.75, 3.05) is 12.3 Å². The van der Waals surface area contributed by atoms with E-state index >= 15 is 0 Å². The quantitative estimate of drug-likeness (QED) is 0.570. The minimum Gasteiger partial charge on any atom is -0.491 e. The van der Waals surface area contributed by atoms with Gasteiger partial charge in [0.15, 0.2) is 0 Å². The number of unbranched alkanes of at least 4 members (excludes halogenated alkanes) is 2. The summed E-state index contributed by atoms with van der Waals surface area (Å²) in [5.41, 5.74) is 11.7. The van der Waals surface area contributed by atoms with Crippen molar-refractivity contribution in [3.8, 4) is 5.75 Å². The van der Waals surface area contributed by atoms with Gasteiger partial charge in [-0.1, -0.05) is 19.8 Å². The third-order valence-corrected chi connectivity index (χ3v) is 2.30. The second-order valence-electron chi connectivity index (χ2n) is 3.67. The molecule has 0 bridgehead atoms. The fourth-order valence-corrected chi connectivity index (χ4v) is 1.37. The molecular formula is C12H18N2O2. The van der Waals surface area contributed by atoms with Gasteiger partial charge in [-0.3, -0.25) is 4.79 Å². The lowest BCUT2D eigenvalue weighted by molar-refractivity contribution is 0.100. The number of primary amides is 1. The van der Waals surface area contributed by atoms with Crippen molar-refractivity contribution in [1.29, 1.82) is 0 Å². The Hall–Kier alpha value is -1.71. The number of nitrogen functional groups attached to an aromatic ring is 1. The number of rotatable bonds is 6. The maximum Gasteiger partial charge on any atom is 0.248 e. The molecule has 0 radical (unpaired) electrons. The van der Waals surface area contributed by atoms with Gasteiger partial charge in [0.05, 0.1) is 12.3 Å². The number of hydrogen-bond acceptors (Lipinski definition) is 3. The summed E-state index contributed by atoms with van der Waals surface area (Å²) >= 11 is 0. The molecule has 0 heterocycles. The van der Waals surface area contributed by atoms with E-state index in [-0.39, 0.29) is 0 Å². The molecule has 1 aromatic carbocycles.